The summed E-state index contributed by atoms with van der Waals surface area (Å²) in [5, 5.41) is 4.26. The van der Waals surface area contributed by atoms with Crippen molar-refractivity contribution in [2.75, 3.05) is 6.61 Å². The van der Waals surface area contributed by atoms with Gasteiger partial charge in [-0.1, -0.05) is 25.9 Å². The van der Waals surface area contributed by atoms with Gasteiger partial charge in [0, 0.05) is 17.6 Å². The van der Waals surface area contributed by atoms with Crippen molar-refractivity contribution < 1.29 is 4.43 Å². The Morgan fingerprint density at radius 1 is 1.32 bits per heavy atom. The first-order chi connectivity index (χ1) is 8.76. The fourth-order valence-electron chi connectivity index (χ4n) is 3.11. The van der Waals surface area contributed by atoms with E-state index in [9.17, 15) is 0 Å². The lowest BCUT2D eigenvalue weighted by Gasteiger charge is -2.36. The van der Waals surface area contributed by atoms with E-state index in [2.05, 4.69) is 43.9 Å². The van der Waals surface area contributed by atoms with Crippen molar-refractivity contribution in [2.24, 2.45) is 22.9 Å². The Kier molecular flexibility index (Phi) is 4.01. The highest BCUT2D eigenvalue weighted by molar-refractivity contribution is 6.74. The Morgan fingerprint density at radius 3 is 2.58 bits per heavy atom. The van der Waals surface area contributed by atoms with Crippen LogP contribution in [0.2, 0.25) is 18.1 Å². The Morgan fingerprint density at radius 2 is 2.00 bits per heavy atom. The van der Waals surface area contributed by atoms with Gasteiger partial charge < -0.3 is 4.43 Å². The minimum absolute atomic E-state index is 0.233. The highest BCUT2D eigenvalue weighted by atomic mass is 28.4. The first-order valence-corrected chi connectivity index (χ1v) is 10.4. The molecule has 4 atom stereocenters. The normalized spacial score (nSPS) is 33.7. The summed E-state index contributed by atoms with van der Waals surface area (Å²) in [6.45, 7) is 12.2. The molecule has 0 N–H and O–H groups in total. The van der Waals surface area contributed by atoms with Gasteiger partial charge in [0.25, 0.3) is 0 Å². The van der Waals surface area contributed by atoms with E-state index in [-0.39, 0.29) is 11.1 Å². The maximum atomic E-state index is 8.64. The van der Waals surface area contributed by atoms with Crippen LogP contribution in [0.3, 0.4) is 0 Å². The largest absolute Gasteiger partial charge is 0.417 e. The van der Waals surface area contributed by atoms with Crippen molar-refractivity contribution >= 4 is 8.32 Å². The zero-order chi connectivity index (χ0) is 14.3. The van der Waals surface area contributed by atoms with E-state index < -0.39 is 8.32 Å². The van der Waals surface area contributed by atoms with Crippen molar-refractivity contribution in [3.8, 4) is 0 Å². The minimum atomic E-state index is -1.63. The van der Waals surface area contributed by atoms with Gasteiger partial charge >= 0.3 is 0 Å². The van der Waals surface area contributed by atoms with Gasteiger partial charge in [0.2, 0.25) is 0 Å². The van der Waals surface area contributed by atoms with Crippen molar-refractivity contribution in [2.45, 2.75) is 64.2 Å². The van der Waals surface area contributed by atoms with E-state index in [4.69, 9.17) is 9.96 Å². The standard InChI is InChI=1S/C14H27N3OSi/c1-14(2,3)19(4,5)18-7-6-11-12-8-10(12)9-13(11)16-17-15/h10-13H,6-9H2,1-5H3/t10-,11-,12-,13-/m0/s1. The topological polar surface area (TPSA) is 58.0 Å². The summed E-state index contributed by atoms with van der Waals surface area (Å²) in [5.74, 6) is 2.23. The van der Waals surface area contributed by atoms with Crippen LogP contribution in [0.1, 0.15) is 40.0 Å². The first-order valence-electron chi connectivity index (χ1n) is 7.44. The average Bonchev–Trinajstić information content (AvgIpc) is 2.95. The van der Waals surface area contributed by atoms with Crippen LogP contribution in [0, 0.1) is 17.8 Å². The summed E-state index contributed by atoms with van der Waals surface area (Å²) in [7, 11) is -1.63. The number of rotatable bonds is 5. The van der Waals surface area contributed by atoms with Crippen LogP contribution in [0.25, 0.3) is 10.4 Å². The molecule has 108 valence electrons. The molecule has 0 spiro atoms. The van der Waals surface area contributed by atoms with Gasteiger partial charge in [0.15, 0.2) is 8.32 Å². The van der Waals surface area contributed by atoms with Gasteiger partial charge in [-0.15, -0.1) is 0 Å². The van der Waals surface area contributed by atoms with Gasteiger partial charge in [-0.25, -0.2) is 0 Å². The van der Waals surface area contributed by atoms with Gasteiger partial charge in [0.1, 0.15) is 0 Å². The fourth-order valence-corrected chi connectivity index (χ4v) is 4.17. The molecule has 0 aromatic rings. The zero-order valence-electron chi connectivity index (χ0n) is 12.9. The number of fused-ring (bicyclic) bond motifs is 1. The second-order valence-electron chi connectivity index (χ2n) is 7.73. The highest BCUT2D eigenvalue weighted by Gasteiger charge is 2.52. The molecule has 2 rings (SSSR count). The van der Waals surface area contributed by atoms with E-state index in [0.29, 0.717) is 5.92 Å². The van der Waals surface area contributed by atoms with E-state index in [1.807, 2.05) is 0 Å². The van der Waals surface area contributed by atoms with Crippen molar-refractivity contribution in [3.63, 3.8) is 0 Å². The molecule has 0 saturated heterocycles. The predicted octanol–water partition coefficient (Wildman–Crippen LogP) is 4.73. The molecule has 0 unspecified atom stereocenters. The Hall–Kier alpha value is -0.513. The summed E-state index contributed by atoms with van der Waals surface area (Å²) in [6.07, 6.45) is 3.53. The van der Waals surface area contributed by atoms with Crippen LogP contribution < -0.4 is 0 Å². The second-order valence-corrected chi connectivity index (χ2v) is 12.5. The molecule has 0 aliphatic heterocycles. The third kappa shape index (κ3) is 3.15. The fraction of sp³-hybridized carbons (Fsp3) is 1.00. The van der Waals surface area contributed by atoms with Gasteiger partial charge in [-0.05, 0) is 60.7 Å². The number of hydrogen-bond donors (Lipinski definition) is 0. The van der Waals surface area contributed by atoms with E-state index in [0.717, 1.165) is 31.3 Å². The molecule has 0 bridgehead atoms. The van der Waals surface area contributed by atoms with Gasteiger partial charge in [-0.2, -0.15) is 0 Å². The molecule has 5 heteroatoms. The van der Waals surface area contributed by atoms with E-state index in [1.54, 1.807) is 0 Å². The lowest BCUT2D eigenvalue weighted by molar-refractivity contribution is 0.239. The van der Waals surface area contributed by atoms with Crippen LogP contribution in [0.15, 0.2) is 5.11 Å². The highest BCUT2D eigenvalue weighted by Crippen LogP contribution is 2.57. The van der Waals surface area contributed by atoms with Crippen LogP contribution in [-0.4, -0.2) is 21.0 Å². The zero-order valence-corrected chi connectivity index (χ0v) is 13.9. The lowest BCUT2D eigenvalue weighted by atomic mass is 9.96. The third-order valence-corrected chi connectivity index (χ3v) is 10.0. The molecule has 0 aromatic heterocycles. The SMILES string of the molecule is CC(C)(C)[Si](C)(C)OCC[C@H]1[C@H]2C[C@H]2C[C@@H]1N=[N+]=[N-]. The Bertz CT molecular complexity index is 385. The van der Waals surface area contributed by atoms with Crippen LogP contribution in [-0.2, 0) is 4.43 Å². The predicted molar refractivity (Wildman–Crippen MR) is 80.4 cm³/mol. The van der Waals surface area contributed by atoms with Crippen molar-refractivity contribution in [1.29, 1.82) is 0 Å². The molecule has 4 nitrogen and oxygen atoms in total. The average molecular weight is 281 g/mol. The second kappa shape index (κ2) is 5.11. The van der Waals surface area contributed by atoms with Crippen LogP contribution in [0.5, 0.6) is 0 Å². The van der Waals surface area contributed by atoms with E-state index in [1.165, 1.54) is 6.42 Å². The summed E-state index contributed by atoms with van der Waals surface area (Å²) in [5.41, 5.74) is 8.64. The smallest absolute Gasteiger partial charge is 0.191 e. The molecular weight excluding hydrogens is 254 g/mol. The third-order valence-electron chi connectivity index (χ3n) is 5.49. The van der Waals surface area contributed by atoms with Crippen molar-refractivity contribution in [3.05, 3.63) is 10.4 Å². The number of nitrogens with zero attached hydrogens (tertiary/aromatic N) is 3. The summed E-state index contributed by atoms with van der Waals surface area (Å²) >= 11 is 0. The quantitative estimate of drug-likeness (QED) is 0.311. The molecule has 0 radical (unpaired) electrons. The van der Waals surface area contributed by atoms with Crippen LogP contribution >= 0.6 is 0 Å². The molecular formula is C14H27N3OSi. The van der Waals surface area contributed by atoms with E-state index >= 15 is 0 Å². The summed E-state index contributed by atoms with van der Waals surface area (Å²) in [6, 6.07) is 0.233. The molecule has 0 heterocycles. The molecule has 2 aliphatic rings. The van der Waals surface area contributed by atoms with Crippen LogP contribution in [0.4, 0.5) is 0 Å². The van der Waals surface area contributed by atoms with Gasteiger partial charge in [0.05, 0.1) is 0 Å². The molecule has 19 heavy (non-hydrogen) atoms. The molecule has 2 fully saturated rings. The molecule has 2 aliphatic carbocycles. The number of hydrogen-bond acceptors (Lipinski definition) is 2. The maximum Gasteiger partial charge on any atom is 0.191 e. The van der Waals surface area contributed by atoms with Gasteiger partial charge in [-0.3, -0.25) is 0 Å². The lowest BCUT2D eigenvalue weighted by Crippen LogP contribution is -2.41. The number of azide groups is 1. The summed E-state index contributed by atoms with van der Waals surface area (Å²) < 4.78 is 6.25. The monoisotopic (exact) mass is 281 g/mol. The summed E-state index contributed by atoms with van der Waals surface area (Å²) in [4.78, 5) is 3.01. The Labute approximate surface area is 117 Å². The first kappa shape index (κ1) is 14.9. The van der Waals surface area contributed by atoms with Crippen molar-refractivity contribution in [1.82, 2.24) is 0 Å². The Balaban J connectivity index is 1.84. The maximum absolute atomic E-state index is 8.64. The molecule has 0 amide bonds. The molecule has 2 saturated carbocycles. The molecule has 0 aromatic carbocycles. The minimum Gasteiger partial charge on any atom is -0.417 e.